The van der Waals surface area contributed by atoms with Gasteiger partial charge in [-0.05, 0) is 22.9 Å². The smallest absolute Gasteiger partial charge is 0.243 e. The van der Waals surface area contributed by atoms with Crippen LogP contribution in [-0.2, 0) is 9.59 Å². The molecule has 2 aromatic carbocycles. The summed E-state index contributed by atoms with van der Waals surface area (Å²) in [6.07, 6.45) is 0. The molecule has 0 unspecified atom stereocenters. The maximum absolute atomic E-state index is 12.3. The Morgan fingerprint density at radius 2 is 1.93 bits per heavy atom. The lowest BCUT2D eigenvalue weighted by Gasteiger charge is -2.34. The maximum Gasteiger partial charge on any atom is 0.243 e. The van der Waals surface area contributed by atoms with Gasteiger partial charge < -0.3 is 10.6 Å². The number of nitriles is 2. The van der Waals surface area contributed by atoms with E-state index in [4.69, 9.17) is 0 Å². The predicted molar refractivity (Wildman–Crippen MR) is 109 cm³/mol. The zero-order valence-electron chi connectivity index (χ0n) is 15.4. The summed E-state index contributed by atoms with van der Waals surface area (Å²) in [5.74, 6) is -1.62. The van der Waals surface area contributed by atoms with Crippen molar-refractivity contribution in [1.29, 1.82) is 10.5 Å². The first-order chi connectivity index (χ1) is 13.4. The largest absolute Gasteiger partial charge is 0.325 e. The molecule has 2 aromatic rings. The molecule has 2 N–H and O–H groups in total. The fourth-order valence-corrected chi connectivity index (χ4v) is 4.11. The van der Waals surface area contributed by atoms with Gasteiger partial charge in [-0.2, -0.15) is 10.5 Å². The number of rotatable bonds is 4. The summed E-state index contributed by atoms with van der Waals surface area (Å²) in [7, 11) is 0. The molecule has 0 spiro atoms. The number of benzene rings is 2. The van der Waals surface area contributed by atoms with Crippen molar-refractivity contribution in [2.45, 2.75) is 13.8 Å². The van der Waals surface area contributed by atoms with E-state index in [9.17, 15) is 20.1 Å². The third kappa shape index (κ3) is 3.71. The molecule has 0 aliphatic carbocycles. The summed E-state index contributed by atoms with van der Waals surface area (Å²) >= 11 is 1.08. The Morgan fingerprint density at radius 3 is 2.61 bits per heavy atom. The van der Waals surface area contributed by atoms with Gasteiger partial charge in [-0.3, -0.25) is 9.59 Å². The minimum absolute atomic E-state index is 0.0287. The SMILES string of the molecule is CC1(C)C(C#N)=C(SCC(=O)Nc2ccc3ccccc3c2)NC(=O)[C@H]1C#N. The lowest BCUT2D eigenvalue weighted by atomic mass is 9.72. The molecule has 1 aliphatic heterocycles. The lowest BCUT2D eigenvalue weighted by molar-refractivity contribution is -0.125. The number of hydrogen-bond donors (Lipinski definition) is 2. The number of nitrogens with one attached hydrogen (secondary N) is 2. The second-order valence-corrected chi connectivity index (χ2v) is 7.97. The van der Waals surface area contributed by atoms with Gasteiger partial charge in [0.15, 0.2) is 0 Å². The first kappa shape index (κ1) is 19.5. The highest BCUT2D eigenvalue weighted by molar-refractivity contribution is 8.03. The molecule has 3 rings (SSSR count). The predicted octanol–water partition coefficient (Wildman–Crippen LogP) is 3.54. The minimum Gasteiger partial charge on any atom is -0.325 e. The van der Waals surface area contributed by atoms with E-state index in [2.05, 4.69) is 16.7 Å². The summed E-state index contributed by atoms with van der Waals surface area (Å²) in [6, 6.07) is 17.5. The van der Waals surface area contributed by atoms with Crippen LogP contribution in [0.25, 0.3) is 10.8 Å². The number of allylic oxidation sites excluding steroid dienone is 1. The average Bonchev–Trinajstić information content (AvgIpc) is 2.66. The van der Waals surface area contributed by atoms with Crippen molar-refractivity contribution in [2.75, 3.05) is 11.1 Å². The van der Waals surface area contributed by atoms with Crippen molar-refractivity contribution in [3.05, 3.63) is 53.1 Å². The van der Waals surface area contributed by atoms with E-state index in [1.165, 1.54) is 0 Å². The van der Waals surface area contributed by atoms with E-state index >= 15 is 0 Å². The normalized spacial score (nSPS) is 18.1. The molecule has 28 heavy (non-hydrogen) atoms. The summed E-state index contributed by atoms with van der Waals surface area (Å²) in [5.41, 5.74) is 0.0710. The zero-order valence-corrected chi connectivity index (χ0v) is 16.3. The van der Waals surface area contributed by atoms with Crippen molar-refractivity contribution >= 4 is 40.0 Å². The highest BCUT2D eigenvalue weighted by Gasteiger charge is 2.44. The Morgan fingerprint density at radius 1 is 1.21 bits per heavy atom. The Labute approximate surface area is 167 Å². The minimum atomic E-state index is -0.946. The molecule has 140 valence electrons. The molecule has 0 bridgehead atoms. The number of hydrogen-bond acceptors (Lipinski definition) is 5. The highest BCUT2D eigenvalue weighted by Crippen LogP contribution is 2.41. The molecule has 0 aromatic heterocycles. The quantitative estimate of drug-likeness (QED) is 0.830. The fourth-order valence-electron chi connectivity index (χ4n) is 3.14. The Bertz CT molecular complexity index is 1080. The van der Waals surface area contributed by atoms with Gasteiger partial charge >= 0.3 is 0 Å². The van der Waals surface area contributed by atoms with Gasteiger partial charge in [0.25, 0.3) is 0 Å². The number of carbonyl (C=O) groups excluding carboxylic acids is 2. The fraction of sp³-hybridized carbons (Fsp3) is 0.238. The molecule has 6 nitrogen and oxygen atoms in total. The van der Waals surface area contributed by atoms with Crippen LogP contribution in [0, 0.1) is 34.0 Å². The van der Waals surface area contributed by atoms with E-state index in [0.29, 0.717) is 16.3 Å². The molecule has 1 heterocycles. The Hall–Kier alpha value is -3.29. The third-order valence-electron chi connectivity index (χ3n) is 4.71. The van der Waals surface area contributed by atoms with Crippen LogP contribution in [-0.4, -0.2) is 17.6 Å². The van der Waals surface area contributed by atoms with Crippen molar-refractivity contribution in [3.8, 4) is 12.1 Å². The molecule has 0 fully saturated rings. The monoisotopic (exact) mass is 390 g/mol. The second-order valence-electron chi connectivity index (χ2n) is 6.99. The first-order valence-electron chi connectivity index (χ1n) is 8.63. The van der Waals surface area contributed by atoms with E-state index in [-0.39, 0.29) is 11.7 Å². The van der Waals surface area contributed by atoms with Crippen LogP contribution < -0.4 is 10.6 Å². The Balaban J connectivity index is 1.72. The zero-order chi connectivity index (χ0) is 20.3. The number of carbonyl (C=O) groups is 2. The van der Waals surface area contributed by atoms with Crippen LogP contribution in [0.3, 0.4) is 0 Å². The molecule has 0 radical (unpaired) electrons. The van der Waals surface area contributed by atoms with E-state index in [1.807, 2.05) is 48.5 Å². The molecule has 1 aliphatic rings. The Kier molecular flexibility index (Phi) is 5.39. The van der Waals surface area contributed by atoms with Crippen LogP contribution in [0.1, 0.15) is 13.8 Å². The van der Waals surface area contributed by atoms with Gasteiger partial charge in [-0.15, -0.1) is 0 Å². The van der Waals surface area contributed by atoms with Crippen molar-refractivity contribution < 1.29 is 9.59 Å². The molecule has 7 heteroatoms. The third-order valence-corrected chi connectivity index (χ3v) is 5.72. The number of nitrogens with zero attached hydrogens (tertiary/aromatic N) is 2. The van der Waals surface area contributed by atoms with Gasteiger partial charge in [0, 0.05) is 11.1 Å². The van der Waals surface area contributed by atoms with E-state index in [0.717, 1.165) is 22.5 Å². The van der Waals surface area contributed by atoms with Gasteiger partial charge in [-0.25, -0.2) is 0 Å². The van der Waals surface area contributed by atoms with Crippen molar-refractivity contribution in [2.24, 2.45) is 11.3 Å². The van der Waals surface area contributed by atoms with E-state index < -0.39 is 17.2 Å². The van der Waals surface area contributed by atoms with Crippen LogP contribution in [0.5, 0.6) is 0 Å². The standard InChI is InChI=1S/C21H18N4O2S/c1-21(2)16(10-22)19(27)25-20(17(21)11-23)28-12-18(26)24-15-8-7-13-5-3-4-6-14(13)9-15/h3-9,16H,12H2,1-2H3,(H,24,26)(H,25,27)/t16-/m1/s1. The van der Waals surface area contributed by atoms with Crippen LogP contribution >= 0.6 is 11.8 Å². The van der Waals surface area contributed by atoms with Crippen molar-refractivity contribution in [1.82, 2.24) is 5.32 Å². The molecule has 0 saturated carbocycles. The summed E-state index contributed by atoms with van der Waals surface area (Å²) in [5, 5.41) is 26.6. The number of thioether (sulfide) groups is 1. The van der Waals surface area contributed by atoms with Crippen molar-refractivity contribution in [3.63, 3.8) is 0 Å². The van der Waals surface area contributed by atoms with Gasteiger partial charge in [0.1, 0.15) is 5.92 Å². The summed E-state index contributed by atoms with van der Waals surface area (Å²) in [6.45, 7) is 3.38. The molecular weight excluding hydrogens is 372 g/mol. The summed E-state index contributed by atoms with van der Waals surface area (Å²) in [4.78, 5) is 24.5. The average molecular weight is 390 g/mol. The first-order valence-corrected chi connectivity index (χ1v) is 9.62. The number of fused-ring (bicyclic) bond motifs is 1. The van der Waals surface area contributed by atoms with E-state index in [1.54, 1.807) is 13.8 Å². The maximum atomic E-state index is 12.3. The summed E-state index contributed by atoms with van der Waals surface area (Å²) < 4.78 is 0. The topological polar surface area (TPSA) is 106 Å². The molecule has 1 atom stereocenters. The second kappa shape index (κ2) is 7.75. The van der Waals surface area contributed by atoms with Crippen LogP contribution in [0.4, 0.5) is 5.69 Å². The highest BCUT2D eigenvalue weighted by atomic mass is 32.2. The number of anilines is 1. The van der Waals surface area contributed by atoms with Crippen LogP contribution in [0.15, 0.2) is 53.1 Å². The van der Waals surface area contributed by atoms with Gasteiger partial charge in [-0.1, -0.05) is 55.9 Å². The molecule has 0 saturated heterocycles. The van der Waals surface area contributed by atoms with Crippen LogP contribution in [0.2, 0.25) is 0 Å². The molecular formula is C21H18N4O2S. The number of amides is 2. The van der Waals surface area contributed by atoms with Gasteiger partial charge in [0.2, 0.25) is 11.8 Å². The van der Waals surface area contributed by atoms with Gasteiger partial charge in [0.05, 0.1) is 28.5 Å². The lowest BCUT2D eigenvalue weighted by Crippen LogP contribution is -2.44. The molecule has 2 amide bonds.